The SMILES string of the molecule is COC(=O)C1=Cc2cc(-c3ccc(N4CCOCC4)cc3)ccc2N(S(C)(=O)=O)CC1. The van der Waals surface area contributed by atoms with Crippen molar-refractivity contribution in [3.63, 3.8) is 0 Å². The number of sulfonamides is 1. The molecule has 0 N–H and O–H groups in total. The Hall–Kier alpha value is -2.84. The third-order valence-electron chi connectivity index (χ3n) is 5.63. The van der Waals surface area contributed by atoms with Crippen molar-refractivity contribution in [2.24, 2.45) is 0 Å². The molecule has 0 aliphatic carbocycles. The molecule has 31 heavy (non-hydrogen) atoms. The number of hydrogen-bond donors (Lipinski definition) is 0. The quantitative estimate of drug-likeness (QED) is 0.678. The number of rotatable bonds is 4. The Balaban J connectivity index is 1.71. The van der Waals surface area contributed by atoms with Gasteiger partial charge < -0.3 is 14.4 Å². The molecule has 1 fully saturated rings. The zero-order valence-electron chi connectivity index (χ0n) is 17.7. The van der Waals surface area contributed by atoms with Crippen molar-refractivity contribution in [3.8, 4) is 11.1 Å². The summed E-state index contributed by atoms with van der Waals surface area (Å²) >= 11 is 0. The van der Waals surface area contributed by atoms with E-state index in [4.69, 9.17) is 9.47 Å². The van der Waals surface area contributed by atoms with Gasteiger partial charge in [0, 0.05) is 30.9 Å². The molecule has 0 aromatic heterocycles. The van der Waals surface area contributed by atoms with Crippen molar-refractivity contribution in [1.82, 2.24) is 0 Å². The van der Waals surface area contributed by atoms with Crippen LogP contribution >= 0.6 is 0 Å². The number of carbonyl (C=O) groups excluding carboxylic acids is 1. The average molecular weight is 443 g/mol. The molecule has 8 heteroatoms. The molecule has 2 heterocycles. The first-order valence-electron chi connectivity index (χ1n) is 10.2. The van der Waals surface area contributed by atoms with Crippen molar-refractivity contribution in [2.45, 2.75) is 6.42 Å². The lowest BCUT2D eigenvalue weighted by Crippen LogP contribution is -2.36. The van der Waals surface area contributed by atoms with Gasteiger partial charge in [-0.3, -0.25) is 4.31 Å². The average Bonchev–Trinajstić information content (AvgIpc) is 2.98. The Morgan fingerprint density at radius 3 is 2.32 bits per heavy atom. The lowest BCUT2D eigenvalue weighted by molar-refractivity contribution is -0.136. The number of ether oxygens (including phenoxy) is 2. The number of hydrogen-bond acceptors (Lipinski definition) is 6. The molecule has 2 aliphatic heterocycles. The molecule has 0 unspecified atom stereocenters. The van der Waals surface area contributed by atoms with Gasteiger partial charge in [0.15, 0.2) is 0 Å². The summed E-state index contributed by atoms with van der Waals surface area (Å²) in [5, 5.41) is 0. The van der Waals surface area contributed by atoms with Crippen LogP contribution in [0.2, 0.25) is 0 Å². The molecule has 0 spiro atoms. The molecule has 2 aromatic rings. The summed E-state index contributed by atoms with van der Waals surface area (Å²) < 4.78 is 36.4. The monoisotopic (exact) mass is 442 g/mol. The lowest BCUT2D eigenvalue weighted by Gasteiger charge is -2.29. The van der Waals surface area contributed by atoms with Gasteiger partial charge in [0.05, 0.1) is 32.3 Å². The zero-order valence-corrected chi connectivity index (χ0v) is 18.5. The summed E-state index contributed by atoms with van der Waals surface area (Å²) in [6.07, 6.45) is 3.20. The van der Waals surface area contributed by atoms with Crippen LogP contribution in [0.15, 0.2) is 48.0 Å². The maximum absolute atomic E-state index is 12.4. The van der Waals surface area contributed by atoms with Crippen molar-refractivity contribution in [2.75, 3.05) is 55.4 Å². The summed E-state index contributed by atoms with van der Waals surface area (Å²) in [4.78, 5) is 14.4. The van der Waals surface area contributed by atoms with E-state index in [1.165, 1.54) is 17.7 Å². The Labute approximate surface area is 182 Å². The fourth-order valence-electron chi connectivity index (χ4n) is 4.00. The molecule has 2 aliphatic rings. The summed E-state index contributed by atoms with van der Waals surface area (Å²) in [7, 11) is -2.15. The minimum Gasteiger partial charge on any atom is -0.466 e. The Kier molecular flexibility index (Phi) is 6.02. The van der Waals surface area contributed by atoms with E-state index in [-0.39, 0.29) is 13.0 Å². The zero-order chi connectivity index (χ0) is 22.0. The van der Waals surface area contributed by atoms with Crippen LogP contribution in [0.1, 0.15) is 12.0 Å². The van der Waals surface area contributed by atoms with Crippen LogP contribution in [0.5, 0.6) is 0 Å². The van der Waals surface area contributed by atoms with Gasteiger partial charge in [-0.05, 0) is 53.5 Å². The van der Waals surface area contributed by atoms with Crippen molar-refractivity contribution >= 4 is 33.4 Å². The topological polar surface area (TPSA) is 76.2 Å². The minimum atomic E-state index is -3.48. The second kappa shape index (κ2) is 8.72. The molecule has 7 nitrogen and oxygen atoms in total. The largest absolute Gasteiger partial charge is 0.466 e. The summed E-state index contributed by atoms with van der Waals surface area (Å²) in [6.45, 7) is 3.41. The molecule has 0 atom stereocenters. The van der Waals surface area contributed by atoms with Crippen LogP contribution in [0.3, 0.4) is 0 Å². The van der Waals surface area contributed by atoms with Gasteiger partial charge in [-0.25, -0.2) is 13.2 Å². The number of morpholine rings is 1. The van der Waals surface area contributed by atoms with Crippen molar-refractivity contribution in [3.05, 3.63) is 53.6 Å². The van der Waals surface area contributed by atoms with Gasteiger partial charge >= 0.3 is 5.97 Å². The van der Waals surface area contributed by atoms with Crippen molar-refractivity contribution < 1.29 is 22.7 Å². The molecule has 2 aromatic carbocycles. The first-order chi connectivity index (χ1) is 14.9. The number of fused-ring (bicyclic) bond motifs is 1. The number of carbonyl (C=O) groups is 1. The van der Waals surface area contributed by atoms with E-state index in [0.29, 0.717) is 16.8 Å². The highest BCUT2D eigenvalue weighted by Gasteiger charge is 2.25. The molecule has 0 radical (unpaired) electrons. The van der Waals surface area contributed by atoms with Crippen LogP contribution in [0.4, 0.5) is 11.4 Å². The van der Waals surface area contributed by atoms with E-state index >= 15 is 0 Å². The van der Waals surface area contributed by atoms with Gasteiger partial charge in [0.1, 0.15) is 0 Å². The highest BCUT2D eigenvalue weighted by atomic mass is 32.2. The summed E-state index contributed by atoms with van der Waals surface area (Å²) in [6, 6.07) is 13.9. The second-order valence-electron chi connectivity index (χ2n) is 7.67. The Morgan fingerprint density at radius 2 is 1.68 bits per heavy atom. The molecule has 0 bridgehead atoms. The van der Waals surface area contributed by atoms with Crippen molar-refractivity contribution in [1.29, 1.82) is 0 Å². The van der Waals surface area contributed by atoms with E-state index in [2.05, 4.69) is 29.2 Å². The van der Waals surface area contributed by atoms with Gasteiger partial charge in [0.2, 0.25) is 10.0 Å². The lowest BCUT2D eigenvalue weighted by atomic mass is 10.00. The number of nitrogens with zero attached hydrogens (tertiary/aromatic N) is 2. The van der Waals surface area contributed by atoms with E-state index < -0.39 is 16.0 Å². The molecule has 164 valence electrons. The van der Waals surface area contributed by atoms with Crippen LogP contribution in [0.25, 0.3) is 17.2 Å². The normalized spacial score (nSPS) is 16.9. The highest BCUT2D eigenvalue weighted by Crippen LogP contribution is 2.34. The third kappa shape index (κ3) is 4.60. The van der Waals surface area contributed by atoms with Crippen LogP contribution < -0.4 is 9.21 Å². The molecule has 0 saturated carbocycles. The van der Waals surface area contributed by atoms with Gasteiger partial charge in [-0.2, -0.15) is 0 Å². The van der Waals surface area contributed by atoms with Crippen LogP contribution in [-0.4, -0.2) is 60.6 Å². The maximum atomic E-state index is 12.4. The fraction of sp³-hybridized carbons (Fsp3) is 0.348. The molecule has 0 amide bonds. The second-order valence-corrected chi connectivity index (χ2v) is 9.57. The number of anilines is 2. The van der Waals surface area contributed by atoms with E-state index in [1.54, 1.807) is 12.1 Å². The molecule has 1 saturated heterocycles. The third-order valence-corrected chi connectivity index (χ3v) is 6.81. The van der Waals surface area contributed by atoms with E-state index in [1.807, 2.05) is 12.1 Å². The Morgan fingerprint density at radius 1 is 1.00 bits per heavy atom. The molecular formula is C23H26N2O5S. The fourth-order valence-corrected chi connectivity index (χ4v) is 4.95. The molecule has 4 rings (SSSR count). The smallest absolute Gasteiger partial charge is 0.333 e. The van der Waals surface area contributed by atoms with Crippen LogP contribution in [0, 0.1) is 0 Å². The van der Waals surface area contributed by atoms with Gasteiger partial charge in [0.25, 0.3) is 0 Å². The first-order valence-corrected chi connectivity index (χ1v) is 12.1. The van der Waals surface area contributed by atoms with E-state index in [0.717, 1.165) is 43.1 Å². The summed E-state index contributed by atoms with van der Waals surface area (Å²) in [5.41, 5.74) is 4.81. The van der Waals surface area contributed by atoms with E-state index in [9.17, 15) is 13.2 Å². The van der Waals surface area contributed by atoms with Gasteiger partial charge in [-0.15, -0.1) is 0 Å². The Bertz CT molecular complexity index is 1100. The first kappa shape index (κ1) is 21.4. The number of esters is 1. The maximum Gasteiger partial charge on any atom is 0.333 e. The van der Waals surface area contributed by atoms with Crippen LogP contribution in [-0.2, 0) is 24.3 Å². The predicted molar refractivity (Wildman–Crippen MR) is 122 cm³/mol. The highest BCUT2D eigenvalue weighted by molar-refractivity contribution is 7.92. The minimum absolute atomic E-state index is 0.195. The predicted octanol–water partition coefficient (Wildman–Crippen LogP) is 2.92. The molecular weight excluding hydrogens is 416 g/mol. The number of methoxy groups -OCH3 is 1. The number of benzene rings is 2. The van der Waals surface area contributed by atoms with Gasteiger partial charge in [-0.1, -0.05) is 18.2 Å². The standard InChI is InChI=1S/C23H26N2O5S/c1-29-23(26)19-9-10-25(31(2,27)28)22-8-5-18(15-20(22)16-19)17-3-6-21(7-4-17)24-11-13-30-14-12-24/h3-8,15-16H,9-14H2,1-2H3. The summed E-state index contributed by atoms with van der Waals surface area (Å²) in [5.74, 6) is -0.443.